The lowest BCUT2D eigenvalue weighted by atomic mass is 10.0. The van der Waals surface area contributed by atoms with Crippen molar-refractivity contribution in [2.45, 2.75) is 19.5 Å². The van der Waals surface area contributed by atoms with Gasteiger partial charge in [-0.15, -0.1) is 0 Å². The van der Waals surface area contributed by atoms with Crippen molar-refractivity contribution in [2.24, 2.45) is 5.73 Å². The van der Waals surface area contributed by atoms with Crippen LogP contribution in [0.1, 0.15) is 22.7 Å². The number of halogens is 1. The van der Waals surface area contributed by atoms with Crippen LogP contribution in [0, 0.1) is 12.7 Å². The van der Waals surface area contributed by atoms with E-state index >= 15 is 0 Å². The molecule has 2 rings (SSSR count). The topological polar surface area (TPSA) is 29.3 Å². The molecule has 0 bridgehead atoms. The van der Waals surface area contributed by atoms with E-state index in [1.54, 1.807) is 6.07 Å². The second kappa shape index (κ2) is 6.64. The van der Waals surface area contributed by atoms with Crippen LogP contribution < -0.4 is 5.73 Å². The molecule has 20 heavy (non-hydrogen) atoms. The first-order valence-electron chi connectivity index (χ1n) is 6.82. The van der Waals surface area contributed by atoms with E-state index in [0.29, 0.717) is 12.1 Å². The van der Waals surface area contributed by atoms with Crippen LogP contribution >= 0.6 is 0 Å². The van der Waals surface area contributed by atoms with E-state index in [1.807, 2.05) is 38.2 Å². The fourth-order valence-corrected chi connectivity index (χ4v) is 2.44. The van der Waals surface area contributed by atoms with E-state index in [-0.39, 0.29) is 11.9 Å². The Balaban J connectivity index is 2.21. The van der Waals surface area contributed by atoms with Gasteiger partial charge in [-0.2, -0.15) is 0 Å². The summed E-state index contributed by atoms with van der Waals surface area (Å²) in [5.41, 5.74) is 8.79. The standard InChI is InChI=1S/C17H21FN2/c1-13-8-9-16(18)15(10-13)17(11-19)20(2)12-14-6-4-3-5-7-14/h3-10,17H,11-12,19H2,1-2H3. The van der Waals surface area contributed by atoms with Gasteiger partial charge in [-0.05, 0) is 25.6 Å². The number of rotatable bonds is 5. The molecule has 0 radical (unpaired) electrons. The number of likely N-dealkylation sites (N-methyl/N-ethyl adjacent to an activating group) is 1. The van der Waals surface area contributed by atoms with Crippen molar-refractivity contribution in [1.82, 2.24) is 4.90 Å². The molecule has 0 amide bonds. The number of nitrogens with zero attached hydrogens (tertiary/aromatic N) is 1. The van der Waals surface area contributed by atoms with Gasteiger partial charge in [0.25, 0.3) is 0 Å². The predicted molar refractivity (Wildman–Crippen MR) is 80.8 cm³/mol. The summed E-state index contributed by atoms with van der Waals surface area (Å²) < 4.78 is 14.0. The zero-order valence-corrected chi connectivity index (χ0v) is 12.0. The summed E-state index contributed by atoms with van der Waals surface area (Å²) in [6, 6.07) is 15.2. The second-order valence-electron chi connectivity index (χ2n) is 5.18. The van der Waals surface area contributed by atoms with E-state index in [9.17, 15) is 4.39 Å². The third-order valence-electron chi connectivity index (χ3n) is 3.54. The molecule has 2 aromatic rings. The Hall–Kier alpha value is -1.71. The third kappa shape index (κ3) is 3.44. The highest BCUT2D eigenvalue weighted by Crippen LogP contribution is 2.24. The van der Waals surface area contributed by atoms with Gasteiger partial charge >= 0.3 is 0 Å². The van der Waals surface area contributed by atoms with Crippen LogP contribution in [0.4, 0.5) is 4.39 Å². The molecule has 0 aliphatic rings. The fraction of sp³-hybridized carbons (Fsp3) is 0.294. The van der Waals surface area contributed by atoms with Crippen molar-refractivity contribution >= 4 is 0 Å². The zero-order valence-electron chi connectivity index (χ0n) is 12.0. The monoisotopic (exact) mass is 272 g/mol. The maximum atomic E-state index is 14.0. The first kappa shape index (κ1) is 14.7. The maximum absolute atomic E-state index is 14.0. The number of benzene rings is 2. The Bertz CT molecular complexity index is 554. The Morgan fingerprint density at radius 3 is 2.50 bits per heavy atom. The molecule has 0 fully saturated rings. The molecular formula is C17H21FN2. The summed E-state index contributed by atoms with van der Waals surface area (Å²) >= 11 is 0. The van der Waals surface area contributed by atoms with Crippen LogP contribution in [0.15, 0.2) is 48.5 Å². The number of hydrogen-bond acceptors (Lipinski definition) is 2. The molecule has 0 aliphatic carbocycles. The molecule has 1 unspecified atom stereocenters. The summed E-state index contributed by atoms with van der Waals surface area (Å²) in [5.74, 6) is -0.189. The smallest absolute Gasteiger partial charge is 0.128 e. The van der Waals surface area contributed by atoms with Crippen LogP contribution in [0.2, 0.25) is 0 Å². The highest BCUT2D eigenvalue weighted by atomic mass is 19.1. The van der Waals surface area contributed by atoms with Crippen LogP contribution in [0.5, 0.6) is 0 Å². The second-order valence-corrected chi connectivity index (χ2v) is 5.18. The van der Waals surface area contributed by atoms with Gasteiger partial charge in [0.1, 0.15) is 5.82 Å². The minimum atomic E-state index is -0.189. The lowest BCUT2D eigenvalue weighted by Gasteiger charge is -2.28. The molecule has 0 saturated heterocycles. The van der Waals surface area contributed by atoms with Gasteiger partial charge in [0, 0.05) is 24.7 Å². The molecule has 2 N–H and O–H groups in total. The predicted octanol–water partition coefficient (Wildman–Crippen LogP) is 3.27. The quantitative estimate of drug-likeness (QED) is 0.905. The summed E-state index contributed by atoms with van der Waals surface area (Å²) in [6.45, 7) is 3.10. The Morgan fingerprint density at radius 2 is 1.85 bits per heavy atom. The van der Waals surface area contributed by atoms with Gasteiger partial charge in [0.05, 0.1) is 0 Å². The fourth-order valence-electron chi connectivity index (χ4n) is 2.44. The maximum Gasteiger partial charge on any atom is 0.128 e. The number of hydrogen-bond donors (Lipinski definition) is 1. The number of aryl methyl sites for hydroxylation is 1. The zero-order chi connectivity index (χ0) is 14.5. The largest absolute Gasteiger partial charge is 0.329 e. The minimum Gasteiger partial charge on any atom is -0.329 e. The van der Waals surface area contributed by atoms with E-state index in [0.717, 1.165) is 12.1 Å². The van der Waals surface area contributed by atoms with Gasteiger partial charge in [-0.1, -0.05) is 48.0 Å². The lowest BCUT2D eigenvalue weighted by Crippen LogP contribution is -2.31. The molecule has 0 saturated carbocycles. The first-order chi connectivity index (χ1) is 9.61. The molecule has 2 nitrogen and oxygen atoms in total. The molecular weight excluding hydrogens is 251 g/mol. The van der Waals surface area contributed by atoms with E-state index in [1.165, 1.54) is 11.6 Å². The molecule has 1 atom stereocenters. The molecule has 2 aromatic carbocycles. The first-order valence-corrected chi connectivity index (χ1v) is 6.82. The molecule has 0 heterocycles. The van der Waals surface area contributed by atoms with Gasteiger partial charge in [-0.3, -0.25) is 4.90 Å². The SMILES string of the molecule is Cc1ccc(F)c(C(CN)N(C)Cc2ccccc2)c1. The summed E-state index contributed by atoms with van der Waals surface area (Å²) in [4.78, 5) is 2.09. The third-order valence-corrected chi connectivity index (χ3v) is 3.54. The highest BCUT2D eigenvalue weighted by Gasteiger charge is 2.19. The highest BCUT2D eigenvalue weighted by molar-refractivity contribution is 5.27. The number of nitrogens with two attached hydrogens (primary N) is 1. The van der Waals surface area contributed by atoms with Crippen molar-refractivity contribution < 1.29 is 4.39 Å². The van der Waals surface area contributed by atoms with Crippen LogP contribution in [-0.4, -0.2) is 18.5 Å². The lowest BCUT2D eigenvalue weighted by molar-refractivity contribution is 0.236. The molecule has 0 aliphatic heterocycles. The van der Waals surface area contributed by atoms with E-state index in [2.05, 4.69) is 17.0 Å². The van der Waals surface area contributed by atoms with E-state index in [4.69, 9.17) is 5.73 Å². The average Bonchev–Trinajstić information content (AvgIpc) is 2.44. The van der Waals surface area contributed by atoms with Crippen molar-refractivity contribution in [3.8, 4) is 0 Å². The Kier molecular flexibility index (Phi) is 4.88. The van der Waals surface area contributed by atoms with Gasteiger partial charge in [0.15, 0.2) is 0 Å². The van der Waals surface area contributed by atoms with Crippen molar-refractivity contribution in [1.29, 1.82) is 0 Å². The Labute approximate surface area is 120 Å². The van der Waals surface area contributed by atoms with E-state index < -0.39 is 0 Å². The van der Waals surface area contributed by atoms with Crippen molar-refractivity contribution in [3.05, 3.63) is 71.0 Å². The van der Waals surface area contributed by atoms with Crippen molar-refractivity contribution in [3.63, 3.8) is 0 Å². The van der Waals surface area contributed by atoms with Crippen LogP contribution in [0.25, 0.3) is 0 Å². The normalized spacial score (nSPS) is 12.7. The summed E-state index contributed by atoms with van der Waals surface area (Å²) in [7, 11) is 1.98. The van der Waals surface area contributed by atoms with Gasteiger partial charge in [-0.25, -0.2) is 4.39 Å². The van der Waals surface area contributed by atoms with Crippen LogP contribution in [-0.2, 0) is 6.54 Å². The van der Waals surface area contributed by atoms with Crippen LogP contribution in [0.3, 0.4) is 0 Å². The van der Waals surface area contributed by atoms with Gasteiger partial charge < -0.3 is 5.73 Å². The van der Waals surface area contributed by atoms with Crippen molar-refractivity contribution in [2.75, 3.05) is 13.6 Å². The summed E-state index contributed by atoms with van der Waals surface area (Å²) in [5, 5.41) is 0. The minimum absolute atomic E-state index is 0.116. The molecule has 0 aromatic heterocycles. The molecule has 3 heteroatoms. The van der Waals surface area contributed by atoms with Gasteiger partial charge in [0.2, 0.25) is 0 Å². The Morgan fingerprint density at radius 1 is 1.15 bits per heavy atom. The summed E-state index contributed by atoms with van der Waals surface area (Å²) in [6.07, 6.45) is 0. The average molecular weight is 272 g/mol. The molecule has 106 valence electrons. The molecule has 0 spiro atoms.